The van der Waals surface area contributed by atoms with E-state index in [0.717, 1.165) is 25.8 Å². The molecule has 17 heavy (non-hydrogen) atoms. The summed E-state index contributed by atoms with van der Waals surface area (Å²) in [4.78, 5) is 0. The highest BCUT2D eigenvalue weighted by Crippen LogP contribution is 2.27. The largest absolute Gasteiger partial charge is 0.389 e. The van der Waals surface area contributed by atoms with Gasteiger partial charge in [0.1, 0.15) is 0 Å². The summed E-state index contributed by atoms with van der Waals surface area (Å²) in [7, 11) is 0. The Balaban J connectivity index is 2.40. The van der Waals surface area contributed by atoms with Crippen LogP contribution in [0, 0.1) is 5.92 Å². The maximum Gasteiger partial charge on any atom is 0.389 e. The first kappa shape index (κ1) is 14.8. The van der Waals surface area contributed by atoms with Gasteiger partial charge in [0.05, 0.1) is 0 Å². The lowest BCUT2D eigenvalue weighted by Crippen LogP contribution is -2.40. The molecular formula is C12H22F3NO. The highest BCUT2D eigenvalue weighted by Gasteiger charge is 2.31. The first-order valence-electron chi connectivity index (χ1n) is 6.41. The van der Waals surface area contributed by atoms with Crippen molar-refractivity contribution in [3.05, 3.63) is 0 Å². The second-order valence-electron chi connectivity index (χ2n) is 4.66. The average Bonchev–Trinajstić information content (AvgIpc) is 2.29. The summed E-state index contributed by atoms with van der Waals surface area (Å²) in [6.07, 6.45) is -1.85. The second-order valence-corrected chi connectivity index (χ2v) is 4.66. The fraction of sp³-hybridized carbons (Fsp3) is 1.00. The van der Waals surface area contributed by atoms with E-state index in [2.05, 4.69) is 5.32 Å². The molecule has 1 fully saturated rings. The molecule has 1 saturated heterocycles. The Morgan fingerprint density at radius 3 is 2.47 bits per heavy atom. The van der Waals surface area contributed by atoms with Crippen molar-refractivity contribution in [2.75, 3.05) is 19.8 Å². The number of rotatable bonds is 6. The molecule has 0 saturated carbocycles. The third-order valence-electron chi connectivity index (χ3n) is 3.23. The van der Waals surface area contributed by atoms with Gasteiger partial charge in [-0.05, 0) is 38.1 Å². The molecule has 0 bridgehead atoms. The minimum absolute atomic E-state index is 0.0134. The van der Waals surface area contributed by atoms with Crippen LogP contribution in [0.15, 0.2) is 0 Å². The fourth-order valence-electron chi connectivity index (χ4n) is 2.27. The van der Waals surface area contributed by atoms with Gasteiger partial charge in [0.2, 0.25) is 0 Å². The molecule has 0 radical (unpaired) electrons. The summed E-state index contributed by atoms with van der Waals surface area (Å²) < 4.78 is 42.0. The zero-order valence-corrected chi connectivity index (χ0v) is 10.4. The topological polar surface area (TPSA) is 21.3 Å². The number of nitrogens with one attached hydrogen (secondary N) is 1. The zero-order chi connectivity index (χ0) is 12.7. The maximum absolute atomic E-state index is 12.3. The van der Waals surface area contributed by atoms with Crippen LogP contribution in [0.25, 0.3) is 0 Å². The van der Waals surface area contributed by atoms with Crippen LogP contribution in [0.5, 0.6) is 0 Å². The highest BCUT2D eigenvalue weighted by molar-refractivity contribution is 4.79. The lowest BCUT2D eigenvalue weighted by atomic mass is 9.88. The maximum atomic E-state index is 12.3. The van der Waals surface area contributed by atoms with Gasteiger partial charge >= 0.3 is 6.18 Å². The van der Waals surface area contributed by atoms with Crippen molar-refractivity contribution in [2.45, 2.75) is 51.2 Å². The van der Waals surface area contributed by atoms with Gasteiger partial charge in [0.15, 0.2) is 0 Å². The second kappa shape index (κ2) is 7.21. The first-order valence-corrected chi connectivity index (χ1v) is 6.41. The van der Waals surface area contributed by atoms with E-state index in [9.17, 15) is 13.2 Å². The number of alkyl halides is 3. The van der Waals surface area contributed by atoms with Gasteiger partial charge < -0.3 is 10.1 Å². The molecule has 1 unspecified atom stereocenters. The SMILES string of the molecule is CCCNC(CCC(F)(F)F)C1CCOCC1. The van der Waals surface area contributed by atoms with E-state index < -0.39 is 12.6 Å². The Bertz CT molecular complexity index is 202. The van der Waals surface area contributed by atoms with Crippen LogP contribution in [0.1, 0.15) is 39.0 Å². The predicted molar refractivity (Wildman–Crippen MR) is 60.9 cm³/mol. The van der Waals surface area contributed by atoms with Gasteiger partial charge in [-0.1, -0.05) is 6.92 Å². The molecule has 0 aromatic rings. The van der Waals surface area contributed by atoms with E-state index in [1.807, 2.05) is 6.92 Å². The zero-order valence-electron chi connectivity index (χ0n) is 10.4. The predicted octanol–water partition coefficient (Wildman–Crippen LogP) is 3.12. The Kier molecular flexibility index (Phi) is 6.27. The molecule has 1 atom stereocenters. The molecule has 1 rings (SSSR count). The van der Waals surface area contributed by atoms with Crippen LogP contribution < -0.4 is 5.32 Å². The monoisotopic (exact) mass is 253 g/mol. The summed E-state index contributed by atoms with van der Waals surface area (Å²) in [6, 6.07) is -0.0134. The third kappa shape index (κ3) is 6.27. The molecule has 1 aliphatic heterocycles. The number of ether oxygens (including phenoxy) is 1. The number of hydrogen-bond donors (Lipinski definition) is 1. The Morgan fingerprint density at radius 1 is 1.29 bits per heavy atom. The summed E-state index contributed by atoms with van der Waals surface area (Å²) in [5.41, 5.74) is 0. The molecule has 0 aliphatic carbocycles. The fourth-order valence-corrected chi connectivity index (χ4v) is 2.27. The Hall–Kier alpha value is -0.290. The van der Waals surface area contributed by atoms with Crippen molar-refractivity contribution in [3.8, 4) is 0 Å². The normalized spacial score (nSPS) is 20.5. The molecule has 2 nitrogen and oxygen atoms in total. The van der Waals surface area contributed by atoms with Crippen molar-refractivity contribution in [1.82, 2.24) is 5.32 Å². The van der Waals surface area contributed by atoms with Crippen molar-refractivity contribution >= 4 is 0 Å². The van der Waals surface area contributed by atoms with Crippen molar-refractivity contribution in [1.29, 1.82) is 0 Å². The number of hydrogen-bond acceptors (Lipinski definition) is 2. The van der Waals surface area contributed by atoms with Crippen LogP contribution in [0.4, 0.5) is 13.2 Å². The first-order chi connectivity index (χ1) is 8.03. The average molecular weight is 253 g/mol. The van der Waals surface area contributed by atoms with E-state index >= 15 is 0 Å². The van der Waals surface area contributed by atoms with Crippen LogP contribution in [0.3, 0.4) is 0 Å². The van der Waals surface area contributed by atoms with E-state index in [1.165, 1.54) is 0 Å². The molecule has 0 aromatic heterocycles. The van der Waals surface area contributed by atoms with E-state index in [0.29, 0.717) is 19.1 Å². The minimum Gasteiger partial charge on any atom is -0.381 e. The molecule has 0 spiro atoms. The summed E-state index contributed by atoms with van der Waals surface area (Å²) >= 11 is 0. The number of halogens is 3. The van der Waals surface area contributed by atoms with Crippen LogP contribution in [0.2, 0.25) is 0 Å². The highest BCUT2D eigenvalue weighted by atomic mass is 19.4. The minimum atomic E-state index is -4.04. The summed E-state index contributed by atoms with van der Waals surface area (Å²) in [5, 5.41) is 3.26. The lowest BCUT2D eigenvalue weighted by molar-refractivity contribution is -0.137. The van der Waals surface area contributed by atoms with Crippen LogP contribution in [-0.4, -0.2) is 32.0 Å². The molecule has 5 heteroatoms. The molecule has 0 aromatic carbocycles. The molecule has 102 valence electrons. The molecule has 1 N–H and O–H groups in total. The van der Waals surface area contributed by atoms with Crippen LogP contribution in [-0.2, 0) is 4.74 Å². The summed E-state index contributed by atoms with van der Waals surface area (Å²) in [5.74, 6) is 0.331. The van der Waals surface area contributed by atoms with Gasteiger partial charge in [-0.15, -0.1) is 0 Å². The third-order valence-corrected chi connectivity index (χ3v) is 3.23. The van der Waals surface area contributed by atoms with E-state index in [-0.39, 0.29) is 12.5 Å². The Morgan fingerprint density at radius 2 is 1.94 bits per heavy atom. The molecular weight excluding hydrogens is 231 g/mol. The van der Waals surface area contributed by atoms with Crippen molar-refractivity contribution in [2.24, 2.45) is 5.92 Å². The summed E-state index contributed by atoms with van der Waals surface area (Å²) in [6.45, 7) is 4.18. The smallest absolute Gasteiger partial charge is 0.381 e. The van der Waals surface area contributed by atoms with Gasteiger partial charge in [-0.3, -0.25) is 0 Å². The van der Waals surface area contributed by atoms with E-state index in [1.54, 1.807) is 0 Å². The van der Waals surface area contributed by atoms with Crippen molar-refractivity contribution < 1.29 is 17.9 Å². The van der Waals surface area contributed by atoms with E-state index in [4.69, 9.17) is 4.74 Å². The molecule has 1 heterocycles. The standard InChI is InChI=1S/C12H22F3NO/c1-2-7-16-11(3-6-12(13,14)15)10-4-8-17-9-5-10/h10-11,16H,2-9H2,1H3. The van der Waals surface area contributed by atoms with Crippen LogP contribution >= 0.6 is 0 Å². The lowest BCUT2D eigenvalue weighted by Gasteiger charge is -2.31. The van der Waals surface area contributed by atoms with Gasteiger partial charge in [-0.25, -0.2) is 0 Å². The molecule has 0 amide bonds. The Labute approximate surface area is 101 Å². The van der Waals surface area contributed by atoms with Gasteiger partial charge in [0, 0.05) is 25.7 Å². The van der Waals surface area contributed by atoms with Gasteiger partial charge in [-0.2, -0.15) is 13.2 Å². The quantitative estimate of drug-likeness (QED) is 0.785. The van der Waals surface area contributed by atoms with Crippen molar-refractivity contribution in [3.63, 3.8) is 0 Å². The van der Waals surface area contributed by atoms with Gasteiger partial charge in [0.25, 0.3) is 0 Å². The molecule has 1 aliphatic rings.